The van der Waals surface area contributed by atoms with E-state index in [4.69, 9.17) is 9.47 Å². The molecule has 1 aliphatic rings. The highest BCUT2D eigenvalue weighted by molar-refractivity contribution is 5.94. The van der Waals surface area contributed by atoms with Crippen molar-refractivity contribution in [2.45, 2.75) is 6.92 Å². The number of amides is 2. The van der Waals surface area contributed by atoms with E-state index in [9.17, 15) is 9.59 Å². The van der Waals surface area contributed by atoms with Gasteiger partial charge in [0.25, 0.3) is 0 Å². The predicted octanol–water partition coefficient (Wildman–Crippen LogP) is 0.806. The van der Waals surface area contributed by atoms with E-state index in [1.807, 2.05) is 4.90 Å². The molecule has 0 aliphatic carbocycles. The number of rotatable bonds is 5. The molecular formula is C16H23N3O4. The third kappa shape index (κ3) is 4.59. The van der Waals surface area contributed by atoms with Crippen LogP contribution in [0.4, 0.5) is 5.69 Å². The van der Waals surface area contributed by atoms with Crippen molar-refractivity contribution in [3.05, 3.63) is 18.2 Å². The van der Waals surface area contributed by atoms with E-state index in [-0.39, 0.29) is 18.4 Å². The van der Waals surface area contributed by atoms with Gasteiger partial charge in [-0.25, -0.2) is 0 Å². The van der Waals surface area contributed by atoms with Gasteiger partial charge in [0.15, 0.2) is 0 Å². The fraction of sp³-hybridized carbons (Fsp3) is 0.500. The Morgan fingerprint density at radius 3 is 2.39 bits per heavy atom. The van der Waals surface area contributed by atoms with Crippen LogP contribution in [0.2, 0.25) is 0 Å². The lowest BCUT2D eigenvalue weighted by Gasteiger charge is -2.33. The Balaban J connectivity index is 1.91. The van der Waals surface area contributed by atoms with Gasteiger partial charge in [-0.3, -0.25) is 14.5 Å². The Morgan fingerprint density at radius 2 is 1.83 bits per heavy atom. The van der Waals surface area contributed by atoms with Crippen LogP contribution < -0.4 is 14.8 Å². The number of carbonyl (C=O) groups excluding carboxylic acids is 2. The van der Waals surface area contributed by atoms with E-state index in [0.29, 0.717) is 43.4 Å². The van der Waals surface area contributed by atoms with Crippen LogP contribution in [0.25, 0.3) is 0 Å². The van der Waals surface area contributed by atoms with Crippen molar-refractivity contribution in [3.8, 4) is 11.5 Å². The molecule has 1 aromatic rings. The minimum Gasteiger partial charge on any atom is -0.497 e. The minimum atomic E-state index is -0.118. The van der Waals surface area contributed by atoms with Crippen molar-refractivity contribution >= 4 is 17.5 Å². The quantitative estimate of drug-likeness (QED) is 0.869. The highest BCUT2D eigenvalue weighted by Gasteiger charge is 2.20. The summed E-state index contributed by atoms with van der Waals surface area (Å²) in [6, 6.07) is 5.25. The van der Waals surface area contributed by atoms with Crippen LogP contribution in [0.3, 0.4) is 0 Å². The van der Waals surface area contributed by atoms with Crippen molar-refractivity contribution < 1.29 is 19.1 Å². The standard InChI is InChI=1S/C16H23N3O4/c1-12(20)19-8-6-18(7-9-19)11-16(21)17-14-10-13(22-2)4-5-15(14)23-3/h4-5,10H,6-9,11H2,1-3H3,(H,17,21). The maximum absolute atomic E-state index is 12.2. The molecule has 1 fully saturated rings. The smallest absolute Gasteiger partial charge is 0.238 e. The fourth-order valence-electron chi connectivity index (χ4n) is 2.53. The molecule has 1 heterocycles. The van der Waals surface area contributed by atoms with Crippen LogP contribution in [-0.4, -0.2) is 68.6 Å². The zero-order valence-corrected chi connectivity index (χ0v) is 13.8. The number of hydrogen-bond donors (Lipinski definition) is 1. The Bertz CT molecular complexity index is 568. The molecule has 1 aromatic carbocycles. The first-order chi connectivity index (χ1) is 11.0. The van der Waals surface area contributed by atoms with Gasteiger partial charge >= 0.3 is 0 Å². The summed E-state index contributed by atoms with van der Waals surface area (Å²) >= 11 is 0. The number of nitrogens with zero attached hydrogens (tertiary/aromatic N) is 2. The summed E-state index contributed by atoms with van der Waals surface area (Å²) in [5.74, 6) is 1.19. The monoisotopic (exact) mass is 321 g/mol. The van der Waals surface area contributed by atoms with Gasteiger partial charge in [0.2, 0.25) is 11.8 Å². The third-order valence-corrected chi connectivity index (χ3v) is 3.87. The average molecular weight is 321 g/mol. The number of piperazine rings is 1. The van der Waals surface area contributed by atoms with Gasteiger partial charge in [0.05, 0.1) is 26.5 Å². The lowest BCUT2D eigenvalue weighted by atomic mass is 10.2. The largest absolute Gasteiger partial charge is 0.497 e. The summed E-state index contributed by atoms with van der Waals surface area (Å²) in [5, 5.41) is 2.85. The maximum Gasteiger partial charge on any atom is 0.238 e. The van der Waals surface area contributed by atoms with E-state index in [1.54, 1.807) is 44.2 Å². The van der Waals surface area contributed by atoms with E-state index in [1.165, 1.54) is 0 Å². The topological polar surface area (TPSA) is 71.1 Å². The molecule has 0 unspecified atom stereocenters. The molecule has 0 radical (unpaired) electrons. The molecule has 0 spiro atoms. The van der Waals surface area contributed by atoms with Crippen molar-refractivity contribution in [3.63, 3.8) is 0 Å². The second-order valence-electron chi connectivity index (χ2n) is 5.40. The van der Waals surface area contributed by atoms with Gasteiger partial charge < -0.3 is 19.7 Å². The number of carbonyl (C=O) groups is 2. The van der Waals surface area contributed by atoms with Crippen LogP contribution in [0.1, 0.15) is 6.92 Å². The number of methoxy groups -OCH3 is 2. The summed E-state index contributed by atoms with van der Waals surface area (Å²) in [4.78, 5) is 27.4. The number of anilines is 1. The van der Waals surface area contributed by atoms with Gasteiger partial charge in [0, 0.05) is 39.2 Å². The van der Waals surface area contributed by atoms with Crippen LogP contribution in [-0.2, 0) is 9.59 Å². The maximum atomic E-state index is 12.2. The first-order valence-corrected chi connectivity index (χ1v) is 7.53. The molecule has 126 valence electrons. The minimum absolute atomic E-state index is 0.0789. The first kappa shape index (κ1) is 17.1. The van der Waals surface area contributed by atoms with E-state index in [2.05, 4.69) is 5.32 Å². The average Bonchev–Trinajstić information content (AvgIpc) is 2.55. The number of hydrogen-bond acceptors (Lipinski definition) is 5. The van der Waals surface area contributed by atoms with Gasteiger partial charge in [-0.1, -0.05) is 0 Å². The Hall–Kier alpha value is -2.28. The summed E-state index contributed by atoms with van der Waals surface area (Å²) in [7, 11) is 3.13. The van der Waals surface area contributed by atoms with Crippen LogP contribution in [0.15, 0.2) is 18.2 Å². The SMILES string of the molecule is COc1ccc(OC)c(NC(=O)CN2CCN(C(C)=O)CC2)c1. The second kappa shape index (κ2) is 7.82. The number of ether oxygens (including phenoxy) is 2. The van der Waals surface area contributed by atoms with Gasteiger partial charge in [-0.05, 0) is 12.1 Å². The van der Waals surface area contributed by atoms with Crippen LogP contribution >= 0.6 is 0 Å². The number of benzene rings is 1. The molecule has 1 saturated heterocycles. The zero-order chi connectivity index (χ0) is 16.8. The molecule has 1 N–H and O–H groups in total. The Kier molecular flexibility index (Phi) is 5.81. The lowest BCUT2D eigenvalue weighted by molar-refractivity contribution is -0.130. The van der Waals surface area contributed by atoms with Gasteiger partial charge in [-0.15, -0.1) is 0 Å². The summed E-state index contributed by atoms with van der Waals surface area (Å²) < 4.78 is 10.4. The molecule has 7 heteroatoms. The van der Waals surface area contributed by atoms with Gasteiger partial charge in [-0.2, -0.15) is 0 Å². The van der Waals surface area contributed by atoms with E-state index < -0.39 is 0 Å². The van der Waals surface area contributed by atoms with Crippen molar-refractivity contribution in [1.82, 2.24) is 9.80 Å². The lowest BCUT2D eigenvalue weighted by Crippen LogP contribution is -2.49. The normalized spacial score (nSPS) is 15.2. The van der Waals surface area contributed by atoms with Crippen molar-refractivity contribution in [2.24, 2.45) is 0 Å². The van der Waals surface area contributed by atoms with Crippen molar-refractivity contribution in [1.29, 1.82) is 0 Å². The second-order valence-corrected chi connectivity index (χ2v) is 5.40. The molecule has 0 atom stereocenters. The van der Waals surface area contributed by atoms with Crippen LogP contribution in [0, 0.1) is 0 Å². The molecule has 23 heavy (non-hydrogen) atoms. The van der Waals surface area contributed by atoms with Crippen LogP contribution in [0.5, 0.6) is 11.5 Å². The number of nitrogens with one attached hydrogen (secondary N) is 1. The van der Waals surface area contributed by atoms with Crippen molar-refractivity contribution in [2.75, 3.05) is 52.3 Å². The van der Waals surface area contributed by atoms with E-state index >= 15 is 0 Å². The molecule has 7 nitrogen and oxygen atoms in total. The predicted molar refractivity (Wildman–Crippen MR) is 86.9 cm³/mol. The van der Waals surface area contributed by atoms with Gasteiger partial charge in [0.1, 0.15) is 11.5 Å². The molecular weight excluding hydrogens is 298 g/mol. The molecule has 2 rings (SSSR count). The Labute approximate surface area is 136 Å². The molecule has 0 aromatic heterocycles. The fourth-order valence-corrected chi connectivity index (χ4v) is 2.53. The highest BCUT2D eigenvalue weighted by atomic mass is 16.5. The third-order valence-electron chi connectivity index (χ3n) is 3.87. The molecule has 0 bridgehead atoms. The highest BCUT2D eigenvalue weighted by Crippen LogP contribution is 2.28. The Morgan fingerprint density at radius 1 is 1.13 bits per heavy atom. The summed E-state index contributed by atoms with van der Waals surface area (Å²) in [6.07, 6.45) is 0. The first-order valence-electron chi connectivity index (χ1n) is 7.53. The zero-order valence-electron chi connectivity index (χ0n) is 13.8. The molecule has 0 saturated carbocycles. The summed E-state index contributed by atoms with van der Waals surface area (Å²) in [6.45, 7) is 4.56. The summed E-state index contributed by atoms with van der Waals surface area (Å²) in [5.41, 5.74) is 0.583. The van der Waals surface area contributed by atoms with E-state index in [0.717, 1.165) is 0 Å². The molecule has 1 aliphatic heterocycles. The molecule has 2 amide bonds.